The molecule has 1 aliphatic heterocycles. The molecular weight excluding hydrogens is 314 g/mol. The Morgan fingerprint density at radius 1 is 1.23 bits per heavy atom. The van der Waals surface area contributed by atoms with E-state index in [0.29, 0.717) is 6.42 Å². The summed E-state index contributed by atoms with van der Waals surface area (Å²) in [5.41, 5.74) is 0. The summed E-state index contributed by atoms with van der Waals surface area (Å²) in [6, 6.07) is -0.888. The Balaban J connectivity index is 2.75. The molecule has 0 aromatic carbocycles. The lowest BCUT2D eigenvalue weighted by Gasteiger charge is -2.22. The van der Waals surface area contributed by atoms with E-state index in [1.807, 2.05) is 6.92 Å². The van der Waals surface area contributed by atoms with Gasteiger partial charge in [0.05, 0.1) is 32.1 Å². The maximum atomic E-state index is 12.0. The molecule has 0 spiro atoms. The van der Waals surface area contributed by atoms with E-state index >= 15 is 0 Å². The number of carbonyl (C=O) groups excluding carboxylic acids is 2. The minimum atomic E-state index is -3.67. The summed E-state index contributed by atoms with van der Waals surface area (Å²) >= 11 is 0. The first-order chi connectivity index (χ1) is 10.3. The van der Waals surface area contributed by atoms with Crippen molar-refractivity contribution in [3.63, 3.8) is 0 Å². The molecule has 1 saturated heterocycles. The molecule has 2 atom stereocenters. The lowest BCUT2D eigenvalue weighted by atomic mass is 10.2. The number of hydrogen-bond acceptors (Lipinski definition) is 7. The number of carbonyl (C=O) groups is 2. The maximum absolute atomic E-state index is 12.0. The van der Waals surface area contributed by atoms with Crippen molar-refractivity contribution in [2.45, 2.75) is 45.3 Å². The van der Waals surface area contributed by atoms with Gasteiger partial charge in [0.2, 0.25) is 0 Å². The van der Waals surface area contributed by atoms with E-state index in [0.717, 1.165) is 12.7 Å². The van der Waals surface area contributed by atoms with E-state index in [1.54, 1.807) is 6.92 Å². The van der Waals surface area contributed by atoms with Gasteiger partial charge in [-0.2, -0.15) is 8.42 Å². The number of likely N-dealkylation sites (tertiary alicyclic amines) is 1. The monoisotopic (exact) mass is 337 g/mol. The molecule has 22 heavy (non-hydrogen) atoms. The van der Waals surface area contributed by atoms with Crippen LogP contribution < -0.4 is 0 Å². The van der Waals surface area contributed by atoms with Gasteiger partial charge in [-0.3, -0.25) is 9.08 Å². The van der Waals surface area contributed by atoms with Gasteiger partial charge in [0.15, 0.2) is 0 Å². The third kappa shape index (κ3) is 5.80. The molecule has 0 bridgehead atoms. The normalized spacial score (nSPS) is 21.7. The largest absolute Gasteiger partial charge is 0.464 e. The van der Waals surface area contributed by atoms with E-state index in [1.165, 1.54) is 4.90 Å². The number of rotatable bonds is 7. The van der Waals surface area contributed by atoms with Crippen molar-refractivity contribution in [2.75, 3.05) is 26.0 Å². The number of nitrogens with zero attached hydrogens (tertiary/aromatic N) is 1. The molecule has 1 unspecified atom stereocenters. The summed E-state index contributed by atoms with van der Waals surface area (Å²) in [5, 5.41) is 0. The molecule has 128 valence electrons. The Bertz CT molecular complexity index is 491. The second-order valence-electron chi connectivity index (χ2n) is 5.05. The topological polar surface area (TPSA) is 99.2 Å². The van der Waals surface area contributed by atoms with Crippen LogP contribution in [-0.2, 0) is 28.6 Å². The molecule has 0 aliphatic carbocycles. The van der Waals surface area contributed by atoms with Crippen LogP contribution in [0.4, 0.5) is 4.79 Å². The Hall–Kier alpha value is -1.35. The molecule has 1 aliphatic rings. The Morgan fingerprint density at radius 2 is 1.91 bits per heavy atom. The summed E-state index contributed by atoms with van der Waals surface area (Å²) in [4.78, 5) is 25.1. The van der Waals surface area contributed by atoms with Gasteiger partial charge in [-0.05, 0) is 13.3 Å². The molecule has 1 amide bonds. The summed E-state index contributed by atoms with van der Waals surface area (Å²) < 4.78 is 37.3. The van der Waals surface area contributed by atoms with Gasteiger partial charge < -0.3 is 9.47 Å². The van der Waals surface area contributed by atoms with Crippen molar-refractivity contribution in [3.8, 4) is 0 Å². The lowest BCUT2D eigenvalue weighted by molar-refractivity contribution is -0.148. The van der Waals surface area contributed by atoms with Crippen LogP contribution in [-0.4, -0.2) is 63.5 Å². The van der Waals surface area contributed by atoms with Crippen molar-refractivity contribution in [1.29, 1.82) is 0 Å². The van der Waals surface area contributed by atoms with Crippen LogP contribution in [0.3, 0.4) is 0 Å². The highest BCUT2D eigenvalue weighted by Gasteiger charge is 2.43. The van der Waals surface area contributed by atoms with E-state index in [4.69, 9.17) is 13.7 Å². The molecule has 1 fully saturated rings. The van der Waals surface area contributed by atoms with Gasteiger partial charge in [0, 0.05) is 6.42 Å². The first kappa shape index (κ1) is 18.7. The molecule has 1 rings (SSSR count). The van der Waals surface area contributed by atoms with Crippen molar-refractivity contribution in [3.05, 3.63) is 0 Å². The van der Waals surface area contributed by atoms with Crippen LogP contribution in [0.1, 0.15) is 33.1 Å². The zero-order valence-electron chi connectivity index (χ0n) is 13.1. The van der Waals surface area contributed by atoms with E-state index in [-0.39, 0.29) is 26.2 Å². The Kier molecular flexibility index (Phi) is 7.08. The van der Waals surface area contributed by atoms with Gasteiger partial charge in [-0.1, -0.05) is 13.3 Å². The second-order valence-corrected chi connectivity index (χ2v) is 6.65. The molecule has 0 aromatic rings. The number of unbranched alkanes of at least 4 members (excludes halogenated alkanes) is 1. The summed E-state index contributed by atoms with van der Waals surface area (Å²) in [6.45, 7) is 4.01. The third-order valence-electron chi connectivity index (χ3n) is 3.09. The van der Waals surface area contributed by atoms with Gasteiger partial charge in [0.25, 0.3) is 10.1 Å². The van der Waals surface area contributed by atoms with Crippen LogP contribution in [0, 0.1) is 0 Å². The predicted octanol–water partition coefficient (Wildman–Crippen LogP) is 0.905. The number of hydrogen-bond donors (Lipinski definition) is 0. The van der Waals surface area contributed by atoms with Crippen LogP contribution in [0.5, 0.6) is 0 Å². The summed E-state index contributed by atoms with van der Waals surface area (Å²) in [6.07, 6.45) is 1.14. The minimum absolute atomic E-state index is 0.0263. The smallest absolute Gasteiger partial charge is 0.410 e. The van der Waals surface area contributed by atoms with Gasteiger partial charge in [-0.25, -0.2) is 9.59 Å². The lowest BCUT2D eigenvalue weighted by Crippen LogP contribution is -2.42. The number of esters is 1. The van der Waals surface area contributed by atoms with Crippen molar-refractivity contribution < 1.29 is 31.7 Å². The first-order valence-corrected chi connectivity index (χ1v) is 9.08. The highest BCUT2D eigenvalue weighted by molar-refractivity contribution is 7.86. The van der Waals surface area contributed by atoms with Crippen molar-refractivity contribution in [1.82, 2.24) is 4.90 Å². The SMILES string of the molecule is CCCCOC(=O)N1CC(OS(C)(=O)=O)C[C@H]1C(=O)OCC. The van der Waals surface area contributed by atoms with Crippen LogP contribution in [0.25, 0.3) is 0 Å². The van der Waals surface area contributed by atoms with Gasteiger partial charge >= 0.3 is 12.1 Å². The Labute approximate surface area is 130 Å². The summed E-state index contributed by atoms with van der Waals surface area (Å²) in [5.74, 6) is -0.588. The first-order valence-electron chi connectivity index (χ1n) is 7.26. The molecule has 1 heterocycles. The molecule has 8 nitrogen and oxygen atoms in total. The Morgan fingerprint density at radius 3 is 2.45 bits per heavy atom. The molecule has 0 radical (unpaired) electrons. The number of ether oxygens (including phenoxy) is 2. The second kappa shape index (κ2) is 8.33. The molecule has 0 saturated carbocycles. The van der Waals surface area contributed by atoms with Crippen LogP contribution >= 0.6 is 0 Å². The fourth-order valence-electron chi connectivity index (χ4n) is 2.16. The molecular formula is C13H23NO7S. The van der Waals surface area contributed by atoms with E-state index in [9.17, 15) is 18.0 Å². The third-order valence-corrected chi connectivity index (χ3v) is 3.71. The zero-order valence-corrected chi connectivity index (χ0v) is 13.9. The highest BCUT2D eigenvalue weighted by Crippen LogP contribution is 2.23. The van der Waals surface area contributed by atoms with Crippen molar-refractivity contribution in [2.24, 2.45) is 0 Å². The fraction of sp³-hybridized carbons (Fsp3) is 0.846. The van der Waals surface area contributed by atoms with Crippen LogP contribution in [0.2, 0.25) is 0 Å². The predicted molar refractivity (Wildman–Crippen MR) is 77.7 cm³/mol. The average molecular weight is 337 g/mol. The summed E-state index contributed by atoms with van der Waals surface area (Å²) in [7, 11) is -3.67. The van der Waals surface area contributed by atoms with Gasteiger partial charge in [0.1, 0.15) is 6.04 Å². The van der Waals surface area contributed by atoms with E-state index in [2.05, 4.69) is 0 Å². The van der Waals surface area contributed by atoms with E-state index < -0.39 is 34.3 Å². The average Bonchev–Trinajstić information content (AvgIpc) is 2.81. The quantitative estimate of drug-likeness (QED) is 0.387. The van der Waals surface area contributed by atoms with Gasteiger partial charge in [-0.15, -0.1) is 0 Å². The highest BCUT2D eigenvalue weighted by atomic mass is 32.2. The van der Waals surface area contributed by atoms with Crippen LogP contribution in [0.15, 0.2) is 0 Å². The number of amides is 1. The minimum Gasteiger partial charge on any atom is -0.464 e. The molecule has 0 aromatic heterocycles. The standard InChI is InChI=1S/C13H23NO7S/c1-4-6-7-20-13(16)14-9-10(21-22(3,17)18)8-11(14)12(15)19-5-2/h10-11H,4-9H2,1-3H3/t10?,11-/m0/s1. The maximum Gasteiger partial charge on any atom is 0.410 e. The fourth-order valence-corrected chi connectivity index (χ4v) is 2.80. The molecule has 0 N–H and O–H groups in total. The molecule has 9 heteroatoms. The van der Waals surface area contributed by atoms with Crippen molar-refractivity contribution >= 4 is 22.2 Å². The zero-order chi connectivity index (χ0) is 16.8.